The molecule has 1 aromatic carbocycles. The molecule has 5 heteroatoms. The van der Waals surface area contributed by atoms with E-state index in [0.717, 1.165) is 23.6 Å². The summed E-state index contributed by atoms with van der Waals surface area (Å²) in [5.74, 6) is 0. The van der Waals surface area contributed by atoms with Gasteiger partial charge < -0.3 is 5.32 Å². The third kappa shape index (κ3) is 18.2. The average molecular weight is 466 g/mol. The van der Waals surface area contributed by atoms with Gasteiger partial charge >= 0.3 is 0 Å². The summed E-state index contributed by atoms with van der Waals surface area (Å²) >= 11 is 11.1. The van der Waals surface area contributed by atoms with Crippen molar-refractivity contribution < 1.29 is 0 Å². The van der Waals surface area contributed by atoms with E-state index in [9.17, 15) is 0 Å². The van der Waals surface area contributed by atoms with E-state index in [1.54, 1.807) is 6.21 Å². The van der Waals surface area contributed by atoms with Crippen molar-refractivity contribution in [1.82, 2.24) is 10.7 Å². The molecule has 0 atom stereocenters. The molecule has 3 nitrogen and oxygen atoms in total. The van der Waals surface area contributed by atoms with Gasteiger partial charge in [-0.05, 0) is 36.3 Å². The van der Waals surface area contributed by atoms with Crippen LogP contribution in [0.15, 0.2) is 29.4 Å². The summed E-state index contributed by atoms with van der Waals surface area (Å²) in [5.41, 5.74) is 3.84. The fourth-order valence-electron chi connectivity index (χ4n) is 3.63. The van der Waals surface area contributed by atoms with Crippen LogP contribution in [-0.2, 0) is 0 Å². The first-order valence-corrected chi connectivity index (χ1v) is 13.3. The van der Waals surface area contributed by atoms with E-state index < -0.39 is 0 Å². The molecule has 0 radical (unpaired) electrons. The van der Waals surface area contributed by atoms with Crippen molar-refractivity contribution in [3.63, 3.8) is 0 Å². The van der Waals surface area contributed by atoms with Gasteiger partial charge in [-0.3, -0.25) is 5.43 Å². The van der Waals surface area contributed by atoms with Crippen molar-refractivity contribution in [1.29, 1.82) is 0 Å². The summed E-state index contributed by atoms with van der Waals surface area (Å²) in [6.07, 6.45) is 24.0. The Labute approximate surface area is 201 Å². The van der Waals surface area contributed by atoms with Crippen molar-refractivity contribution in [3.8, 4) is 0 Å². The van der Waals surface area contributed by atoms with Gasteiger partial charge in [0.15, 0.2) is 5.11 Å². The van der Waals surface area contributed by atoms with Gasteiger partial charge in [-0.2, -0.15) is 5.10 Å². The Hall–Kier alpha value is -1.13. The molecule has 0 unspecified atom stereocenters. The van der Waals surface area contributed by atoms with Crippen molar-refractivity contribution in [2.24, 2.45) is 5.10 Å². The molecule has 0 fully saturated rings. The summed E-state index contributed by atoms with van der Waals surface area (Å²) in [7, 11) is 0. The molecule has 0 aromatic heterocycles. The molecule has 0 saturated heterocycles. The molecule has 176 valence electrons. The van der Waals surface area contributed by atoms with Crippen LogP contribution in [0.5, 0.6) is 0 Å². The second-order valence-corrected chi connectivity index (χ2v) is 9.33. The number of nitrogens with zero attached hydrogens (tertiary/aromatic N) is 1. The number of nitrogens with one attached hydrogen (secondary N) is 2. The maximum atomic E-state index is 5.87. The van der Waals surface area contributed by atoms with Gasteiger partial charge in [-0.15, -0.1) is 0 Å². The van der Waals surface area contributed by atoms with E-state index in [1.807, 2.05) is 24.3 Å². The minimum atomic E-state index is 0.575. The zero-order valence-electron chi connectivity index (χ0n) is 19.6. The first-order valence-electron chi connectivity index (χ1n) is 12.5. The molecule has 0 bridgehead atoms. The highest BCUT2D eigenvalue weighted by atomic mass is 35.5. The number of benzene rings is 1. The van der Waals surface area contributed by atoms with E-state index in [4.69, 9.17) is 23.8 Å². The monoisotopic (exact) mass is 465 g/mol. The van der Waals surface area contributed by atoms with Crippen LogP contribution in [0.3, 0.4) is 0 Å². The first-order chi connectivity index (χ1) is 15.2. The van der Waals surface area contributed by atoms with Gasteiger partial charge in [0.25, 0.3) is 0 Å². The highest BCUT2D eigenvalue weighted by molar-refractivity contribution is 7.80. The van der Waals surface area contributed by atoms with Gasteiger partial charge in [0.1, 0.15) is 0 Å². The zero-order chi connectivity index (χ0) is 22.4. The van der Waals surface area contributed by atoms with Gasteiger partial charge in [0.05, 0.1) is 6.21 Å². The fraction of sp³-hybridized carbons (Fsp3) is 0.692. The summed E-state index contributed by atoms with van der Waals surface area (Å²) in [6, 6.07) is 7.52. The summed E-state index contributed by atoms with van der Waals surface area (Å²) in [4.78, 5) is 0. The molecule has 0 aliphatic carbocycles. The second-order valence-electron chi connectivity index (χ2n) is 8.48. The van der Waals surface area contributed by atoms with Gasteiger partial charge in [-0.25, -0.2) is 0 Å². The van der Waals surface area contributed by atoms with Gasteiger partial charge in [0, 0.05) is 11.6 Å². The van der Waals surface area contributed by atoms with Crippen LogP contribution in [0.1, 0.15) is 115 Å². The lowest BCUT2D eigenvalue weighted by atomic mass is 10.0. The molecule has 0 amide bonds. The standard InChI is InChI=1S/C26H44ClN3S/c1-2-3-4-5-6-7-8-9-10-11-12-13-14-15-16-17-22-28-26(31)30-29-23-24-18-20-25(27)21-19-24/h18-21,23H,2-17,22H2,1H3,(H2,28,30,31). The van der Waals surface area contributed by atoms with Gasteiger partial charge in [0.2, 0.25) is 0 Å². The van der Waals surface area contributed by atoms with Crippen LogP contribution >= 0.6 is 23.8 Å². The van der Waals surface area contributed by atoms with Gasteiger partial charge in [-0.1, -0.05) is 127 Å². The molecule has 0 aliphatic rings. The third-order valence-electron chi connectivity index (χ3n) is 5.57. The zero-order valence-corrected chi connectivity index (χ0v) is 21.2. The largest absolute Gasteiger partial charge is 0.361 e. The quantitative estimate of drug-likeness (QED) is 0.0931. The van der Waals surface area contributed by atoms with Crippen LogP contribution < -0.4 is 10.7 Å². The average Bonchev–Trinajstić information content (AvgIpc) is 2.77. The van der Waals surface area contributed by atoms with Crippen molar-refractivity contribution in [2.45, 2.75) is 110 Å². The molecule has 0 saturated carbocycles. The summed E-state index contributed by atoms with van der Waals surface area (Å²) in [5, 5.41) is 8.66. The number of hydrazone groups is 1. The van der Waals surface area contributed by atoms with E-state index in [2.05, 4.69) is 22.8 Å². The highest BCUT2D eigenvalue weighted by Crippen LogP contribution is 2.13. The summed E-state index contributed by atoms with van der Waals surface area (Å²) in [6.45, 7) is 3.19. The Morgan fingerprint density at radius 2 is 1.23 bits per heavy atom. The van der Waals surface area contributed by atoms with E-state index >= 15 is 0 Å². The van der Waals surface area contributed by atoms with Crippen LogP contribution in [0.2, 0.25) is 5.02 Å². The molecule has 1 rings (SSSR count). The fourth-order valence-corrected chi connectivity index (χ4v) is 3.91. The van der Waals surface area contributed by atoms with Crippen LogP contribution in [-0.4, -0.2) is 17.9 Å². The van der Waals surface area contributed by atoms with E-state index in [1.165, 1.54) is 96.3 Å². The normalized spacial score (nSPS) is 11.2. The number of halogens is 1. The van der Waals surface area contributed by atoms with Crippen LogP contribution in [0.25, 0.3) is 0 Å². The minimum absolute atomic E-state index is 0.575. The Morgan fingerprint density at radius 1 is 0.774 bits per heavy atom. The molecular formula is C26H44ClN3S. The lowest BCUT2D eigenvalue weighted by Crippen LogP contribution is -2.32. The Bertz CT molecular complexity index is 575. The van der Waals surface area contributed by atoms with Crippen molar-refractivity contribution in [3.05, 3.63) is 34.9 Å². The Kier molecular flexibility index (Phi) is 18.7. The number of unbranched alkanes of at least 4 members (excludes halogenated alkanes) is 15. The summed E-state index contributed by atoms with van der Waals surface area (Å²) < 4.78 is 0. The first kappa shape index (κ1) is 27.9. The lowest BCUT2D eigenvalue weighted by molar-refractivity contribution is 0.529. The van der Waals surface area contributed by atoms with Crippen LogP contribution in [0.4, 0.5) is 0 Å². The molecular weight excluding hydrogens is 422 g/mol. The second kappa shape index (κ2) is 20.8. The molecule has 2 N–H and O–H groups in total. The van der Waals surface area contributed by atoms with Crippen molar-refractivity contribution >= 4 is 35.1 Å². The topological polar surface area (TPSA) is 36.4 Å². The molecule has 0 spiro atoms. The Morgan fingerprint density at radius 3 is 1.71 bits per heavy atom. The molecule has 31 heavy (non-hydrogen) atoms. The maximum absolute atomic E-state index is 5.87. The lowest BCUT2D eigenvalue weighted by Gasteiger charge is -2.07. The Balaban J connectivity index is 1.80. The van der Waals surface area contributed by atoms with E-state index in [-0.39, 0.29) is 0 Å². The number of rotatable bonds is 19. The molecule has 0 heterocycles. The van der Waals surface area contributed by atoms with Crippen molar-refractivity contribution in [2.75, 3.05) is 6.54 Å². The SMILES string of the molecule is CCCCCCCCCCCCCCCCCCNC(=S)NN=Cc1ccc(Cl)cc1. The maximum Gasteiger partial charge on any atom is 0.186 e. The third-order valence-corrected chi connectivity index (χ3v) is 6.05. The molecule has 0 aliphatic heterocycles. The van der Waals surface area contributed by atoms with Crippen LogP contribution in [0, 0.1) is 0 Å². The highest BCUT2D eigenvalue weighted by Gasteiger charge is 1.96. The molecule has 1 aromatic rings. The van der Waals surface area contributed by atoms with E-state index in [0.29, 0.717) is 5.11 Å². The smallest absolute Gasteiger partial charge is 0.186 e. The predicted molar refractivity (Wildman–Crippen MR) is 142 cm³/mol. The number of thiocarbonyl (C=S) groups is 1. The number of hydrogen-bond acceptors (Lipinski definition) is 2. The minimum Gasteiger partial charge on any atom is -0.361 e. The number of hydrogen-bond donors (Lipinski definition) is 2. The predicted octanol–water partition coefficient (Wildman–Crippen LogP) is 8.40.